The van der Waals surface area contributed by atoms with Crippen molar-refractivity contribution in [1.82, 2.24) is 0 Å². The van der Waals surface area contributed by atoms with Gasteiger partial charge in [0.05, 0.1) is 11.5 Å². The highest BCUT2D eigenvalue weighted by molar-refractivity contribution is 7.86. The van der Waals surface area contributed by atoms with Gasteiger partial charge >= 0.3 is 0 Å². The van der Waals surface area contributed by atoms with Crippen LogP contribution >= 0.6 is 0 Å². The van der Waals surface area contributed by atoms with E-state index in [1.807, 2.05) is 6.92 Å². The summed E-state index contributed by atoms with van der Waals surface area (Å²) in [5.74, 6) is 1.12. The van der Waals surface area contributed by atoms with E-state index in [4.69, 9.17) is 4.18 Å². The lowest BCUT2D eigenvalue weighted by atomic mass is 9.77. The van der Waals surface area contributed by atoms with Crippen molar-refractivity contribution in [3.63, 3.8) is 0 Å². The predicted octanol–water partition coefficient (Wildman–Crippen LogP) is 2.75. The van der Waals surface area contributed by atoms with E-state index in [1.54, 1.807) is 24.3 Å². The van der Waals surface area contributed by atoms with Crippen LogP contribution in [0, 0.1) is 18.8 Å². The van der Waals surface area contributed by atoms with Gasteiger partial charge in [0, 0.05) is 0 Å². The fraction of sp³-hybridized carbons (Fsp3) is 0.538. The summed E-state index contributed by atoms with van der Waals surface area (Å²) in [6, 6.07) is 6.74. The second-order valence-corrected chi connectivity index (χ2v) is 6.61. The average molecular weight is 254 g/mol. The molecule has 17 heavy (non-hydrogen) atoms. The van der Waals surface area contributed by atoms with Crippen molar-refractivity contribution < 1.29 is 12.6 Å². The Morgan fingerprint density at radius 3 is 2.35 bits per heavy atom. The summed E-state index contributed by atoms with van der Waals surface area (Å²) in [6.45, 7) is 4.42. The highest BCUT2D eigenvalue weighted by Crippen LogP contribution is 2.33. The summed E-state index contributed by atoms with van der Waals surface area (Å²) in [7, 11) is -3.57. The fourth-order valence-electron chi connectivity index (χ4n) is 2.16. The lowest BCUT2D eigenvalue weighted by Crippen LogP contribution is -2.26. The maximum atomic E-state index is 11.8. The third kappa shape index (κ3) is 3.07. The van der Waals surface area contributed by atoms with Gasteiger partial charge < -0.3 is 0 Å². The monoisotopic (exact) mass is 254 g/mol. The summed E-state index contributed by atoms with van der Waals surface area (Å²) in [4.78, 5) is 0.246. The summed E-state index contributed by atoms with van der Waals surface area (Å²) in [5.41, 5.74) is 1.04. The van der Waals surface area contributed by atoms with E-state index in [0.29, 0.717) is 18.4 Å². The summed E-state index contributed by atoms with van der Waals surface area (Å²) in [6.07, 6.45) is 2.15. The summed E-state index contributed by atoms with van der Waals surface area (Å²) < 4.78 is 28.8. The zero-order valence-corrected chi connectivity index (χ0v) is 11.0. The lowest BCUT2D eigenvalue weighted by molar-refractivity contribution is 0.134. The van der Waals surface area contributed by atoms with Gasteiger partial charge in [-0.25, -0.2) is 0 Å². The molecule has 0 atom stereocenters. The third-order valence-electron chi connectivity index (χ3n) is 3.24. The van der Waals surface area contributed by atoms with Crippen LogP contribution in [0.1, 0.15) is 25.3 Å². The average Bonchev–Trinajstić information content (AvgIpc) is 2.23. The quantitative estimate of drug-likeness (QED) is 0.776. The molecular weight excluding hydrogens is 236 g/mol. The van der Waals surface area contributed by atoms with Crippen molar-refractivity contribution >= 4 is 10.1 Å². The fourth-order valence-corrected chi connectivity index (χ4v) is 3.14. The van der Waals surface area contributed by atoms with Gasteiger partial charge in [-0.2, -0.15) is 8.42 Å². The second kappa shape index (κ2) is 4.78. The van der Waals surface area contributed by atoms with Gasteiger partial charge in [-0.3, -0.25) is 4.18 Å². The molecule has 0 saturated heterocycles. The topological polar surface area (TPSA) is 43.4 Å². The van der Waals surface area contributed by atoms with Crippen LogP contribution in [0.4, 0.5) is 0 Å². The van der Waals surface area contributed by atoms with Crippen LogP contribution in [-0.4, -0.2) is 15.0 Å². The zero-order chi connectivity index (χ0) is 12.5. The molecule has 0 amide bonds. The van der Waals surface area contributed by atoms with Gasteiger partial charge in [0.2, 0.25) is 0 Å². The predicted molar refractivity (Wildman–Crippen MR) is 66.2 cm³/mol. The van der Waals surface area contributed by atoms with Crippen LogP contribution in [0.25, 0.3) is 0 Å². The molecule has 1 aliphatic rings. The Bertz CT molecular complexity index is 470. The van der Waals surface area contributed by atoms with Gasteiger partial charge in [-0.15, -0.1) is 0 Å². The zero-order valence-electron chi connectivity index (χ0n) is 10.2. The van der Waals surface area contributed by atoms with Crippen LogP contribution in [0.3, 0.4) is 0 Å². The largest absolute Gasteiger partial charge is 0.296 e. The number of rotatable bonds is 4. The van der Waals surface area contributed by atoms with Crippen molar-refractivity contribution in [2.45, 2.75) is 31.6 Å². The SMILES string of the molecule is Cc1ccc(S(=O)(=O)OCC2CC(C)C2)cc1. The molecular formula is C13H18O3S. The number of benzene rings is 1. The first-order valence-corrected chi connectivity index (χ1v) is 7.34. The van der Waals surface area contributed by atoms with E-state index in [-0.39, 0.29) is 4.90 Å². The molecule has 1 aromatic carbocycles. The van der Waals surface area contributed by atoms with E-state index < -0.39 is 10.1 Å². The number of hydrogen-bond acceptors (Lipinski definition) is 3. The minimum atomic E-state index is -3.57. The lowest BCUT2D eigenvalue weighted by Gasteiger charge is -2.31. The maximum absolute atomic E-state index is 11.8. The molecule has 0 heterocycles. The number of aryl methyl sites for hydroxylation is 1. The van der Waals surface area contributed by atoms with Gasteiger partial charge in [0.15, 0.2) is 0 Å². The highest BCUT2D eigenvalue weighted by atomic mass is 32.2. The summed E-state index contributed by atoms with van der Waals surface area (Å²) in [5, 5.41) is 0. The first-order chi connectivity index (χ1) is 7.97. The molecule has 1 saturated carbocycles. The van der Waals surface area contributed by atoms with Crippen LogP contribution in [0.5, 0.6) is 0 Å². The van der Waals surface area contributed by atoms with Crippen molar-refractivity contribution in [2.24, 2.45) is 11.8 Å². The molecule has 94 valence electrons. The van der Waals surface area contributed by atoms with Gasteiger partial charge in [0.1, 0.15) is 0 Å². The second-order valence-electron chi connectivity index (χ2n) is 4.99. The molecule has 0 aliphatic heterocycles. The molecule has 0 unspecified atom stereocenters. The Kier molecular flexibility index (Phi) is 3.54. The Balaban J connectivity index is 1.96. The molecule has 4 heteroatoms. The van der Waals surface area contributed by atoms with E-state index in [9.17, 15) is 8.42 Å². The summed E-state index contributed by atoms with van der Waals surface area (Å²) >= 11 is 0. The molecule has 2 rings (SSSR count). The highest BCUT2D eigenvalue weighted by Gasteiger charge is 2.27. The minimum Gasteiger partial charge on any atom is -0.266 e. The molecule has 0 bridgehead atoms. The smallest absolute Gasteiger partial charge is 0.266 e. The minimum absolute atomic E-state index is 0.246. The van der Waals surface area contributed by atoms with Crippen LogP contribution < -0.4 is 0 Å². The Morgan fingerprint density at radius 1 is 1.24 bits per heavy atom. The number of hydrogen-bond donors (Lipinski definition) is 0. The molecule has 1 aliphatic carbocycles. The first-order valence-electron chi connectivity index (χ1n) is 5.93. The van der Waals surface area contributed by atoms with E-state index in [0.717, 1.165) is 18.4 Å². The first kappa shape index (κ1) is 12.6. The third-order valence-corrected chi connectivity index (χ3v) is 4.54. The van der Waals surface area contributed by atoms with Crippen LogP contribution in [-0.2, 0) is 14.3 Å². The van der Waals surface area contributed by atoms with Gasteiger partial charge in [0.25, 0.3) is 10.1 Å². The van der Waals surface area contributed by atoms with Crippen molar-refractivity contribution in [2.75, 3.05) is 6.61 Å². The van der Waals surface area contributed by atoms with E-state index in [2.05, 4.69) is 6.92 Å². The molecule has 1 aromatic rings. The van der Waals surface area contributed by atoms with Gasteiger partial charge in [-0.1, -0.05) is 24.6 Å². The van der Waals surface area contributed by atoms with Crippen LogP contribution in [0.15, 0.2) is 29.2 Å². The Hall–Kier alpha value is -0.870. The molecule has 0 N–H and O–H groups in total. The van der Waals surface area contributed by atoms with Crippen molar-refractivity contribution in [3.8, 4) is 0 Å². The standard InChI is InChI=1S/C13H18O3S/c1-10-3-5-13(6-4-10)17(14,15)16-9-12-7-11(2)8-12/h3-6,11-12H,7-9H2,1-2H3. The van der Waals surface area contributed by atoms with Gasteiger partial charge in [-0.05, 0) is 43.7 Å². The molecule has 0 spiro atoms. The van der Waals surface area contributed by atoms with E-state index >= 15 is 0 Å². The molecule has 3 nitrogen and oxygen atoms in total. The molecule has 0 radical (unpaired) electrons. The molecule has 0 aromatic heterocycles. The Labute approximate surface area is 103 Å². The normalized spacial score (nSPS) is 24.4. The van der Waals surface area contributed by atoms with Crippen molar-refractivity contribution in [3.05, 3.63) is 29.8 Å². The Morgan fingerprint density at radius 2 is 1.82 bits per heavy atom. The maximum Gasteiger partial charge on any atom is 0.296 e. The van der Waals surface area contributed by atoms with Crippen molar-refractivity contribution in [1.29, 1.82) is 0 Å². The van der Waals surface area contributed by atoms with Crippen LogP contribution in [0.2, 0.25) is 0 Å². The molecule has 1 fully saturated rings. The van der Waals surface area contributed by atoms with E-state index in [1.165, 1.54) is 0 Å².